The van der Waals surface area contributed by atoms with Gasteiger partial charge in [0.1, 0.15) is 18.7 Å². The van der Waals surface area contributed by atoms with Gasteiger partial charge in [-0.3, -0.25) is 0 Å². The number of ether oxygens (including phenoxy) is 3. The molecular formula is C21H42N6O3. The maximum absolute atomic E-state index is 5.76. The number of rotatable bonds is 18. The minimum atomic E-state index is -0.212. The van der Waals surface area contributed by atoms with Crippen LogP contribution >= 0.6 is 0 Å². The second-order valence-electron chi connectivity index (χ2n) is 7.34. The van der Waals surface area contributed by atoms with E-state index in [2.05, 4.69) is 51.7 Å². The van der Waals surface area contributed by atoms with Gasteiger partial charge in [-0.15, -0.1) is 0 Å². The van der Waals surface area contributed by atoms with E-state index in [1.165, 1.54) is 0 Å². The lowest BCUT2D eigenvalue weighted by Crippen LogP contribution is -2.26. The van der Waals surface area contributed by atoms with E-state index in [0.29, 0.717) is 37.7 Å². The Morgan fingerprint density at radius 3 is 1.07 bits per heavy atom. The van der Waals surface area contributed by atoms with Crippen molar-refractivity contribution in [3.8, 4) is 0 Å². The van der Waals surface area contributed by atoms with Gasteiger partial charge >= 0.3 is 0 Å². The zero-order valence-electron chi connectivity index (χ0n) is 19.7. The Morgan fingerprint density at radius 1 is 0.567 bits per heavy atom. The first-order valence-corrected chi connectivity index (χ1v) is 11.4. The summed E-state index contributed by atoms with van der Waals surface area (Å²) >= 11 is 0. The van der Waals surface area contributed by atoms with Crippen LogP contribution in [0.4, 0.5) is 17.8 Å². The Balaban J connectivity index is 2.80. The monoisotopic (exact) mass is 426 g/mol. The molecule has 3 atom stereocenters. The van der Waals surface area contributed by atoms with Crippen molar-refractivity contribution in [2.45, 2.75) is 98.8 Å². The molecule has 30 heavy (non-hydrogen) atoms. The van der Waals surface area contributed by atoms with E-state index in [0.717, 1.165) is 38.5 Å². The fourth-order valence-electron chi connectivity index (χ4n) is 2.45. The molecule has 174 valence electrons. The second kappa shape index (κ2) is 16.0. The van der Waals surface area contributed by atoms with Crippen molar-refractivity contribution in [1.29, 1.82) is 0 Å². The number of nitrogens with one attached hydrogen (secondary N) is 3. The lowest BCUT2D eigenvalue weighted by atomic mass is 10.4. The van der Waals surface area contributed by atoms with E-state index < -0.39 is 0 Å². The number of unbranched alkanes of at least 4 members (excludes halogenated alkanes) is 3. The Bertz CT molecular complexity index is 475. The van der Waals surface area contributed by atoms with Crippen molar-refractivity contribution in [2.75, 3.05) is 35.8 Å². The quantitative estimate of drug-likeness (QED) is 0.230. The molecule has 1 heterocycles. The molecule has 0 aliphatic heterocycles. The number of aromatic nitrogens is 3. The van der Waals surface area contributed by atoms with Gasteiger partial charge in [-0.2, -0.15) is 15.0 Å². The normalized spacial score (nSPS) is 14.2. The summed E-state index contributed by atoms with van der Waals surface area (Å²) < 4.78 is 17.3. The predicted molar refractivity (Wildman–Crippen MR) is 122 cm³/mol. The molecule has 0 aliphatic rings. The number of hydrogen-bond acceptors (Lipinski definition) is 9. The van der Waals surface area contributed by atoms with Crippen molar-refractivity contribution in [2.24, 2.45) is 0 Å². The van der Waals surface area contributed by atoms with Crippen LogP contribution in [0.1, 0.15) is 80.1 Å². The molecule has 9 heteroatoms. The van der Waals surface area contributed by atoms with Crippen molar-refractivity contribution in [1.82, 2.24) is 15.0 Å². The molecule has 0 bridgehead atoms. The van der Waals surface area contributed by atoms with Crippen LogP contribution in [0.25, 0.3) is 0 Å². The lowest BCUT2D eigenvalue weighted by molar-refractivity contribution is 0.0808. The molecule has 0 saturated carbocycles. The maximum atomic E-state index is 5.76. The summed E-state index contributed by atoms with van der Waals surface area (Å²) in [7, 11) is 0. The third kappa shape index (κ3) is 12.1. The SMILES string of the molecule is CCCCOC(C)Nc1nc(NC(C)OCCCC)nc(NC(C)OCCCC)n1. The third-order valence-electron chi connectivity index (χ3n) is 4.23. The molecule has 1 aromatic heterocycles. The second-order valence-corrected chi connectivity index (χ2v) is 7.34. The maximum Gasteiger partial charge on any atom is 0.231 e. The molecular weight excluding hydrogens is 384 g/mol. The summed E-state index contributed by atoms with van der Waals surface area (Å²) in [5.74, 6) is 1.29. The molecule has 0 aromatic carbocycles. The molecule has 0 aliphatic carbocycles. The summed E-state index contributed by atoms with van der Waals surface area (Å²) in [6, 6.07) is 0. The molecule has 0 radical (unpaired) electrons. The smallest absolute Gasteiger partial charge is 0.231 e. The Kier molecular flexibility index (Phi) is 14.1. The average molecular weight is 427 g/mol. The van der Waals surface area contributed by atoms with Gasteiger partial charge in [-0.25, -0.2) is 0 Å². The third-order valence-corrected chi connectivity index (χ3v) is 4.23. The van der Waals surface area contributed by atoms with Crippen molar-refractivity contribution in [3.05, 3.63) is 0 Å². The van der Waals surface area contributed by atoms with Crippen LogP contribution in [-0.4, -0.2) is 53.5 Å². The lowest BCUT2D eigenvalue weighted by Gasteiger charge is -2.19. The highest BCUT2D eigenvalue weighted by atomic mass is 16.5. The average Bonchev–Trinajstić information content (AvgIpc) is 2.68. The summed E-state index contributed by atoms with van der Waals surface area (Å²) in [4.78, 5) is 13.4. The van der Waals surface area contributed by atoms with E-state index in [9.17, 15) is 0 Å². The first kappa shape index (κ1) is 26.3. The van der Waals surface area contributed by atoms with Crippen LogP contribution in [0.2, 0.25) is 0 Å². The number of nitrogens with zero attached hydrogens (tertiary/aromatic N) is 3. The molecule has 0 saturated heterocycles. The molecule has 3 N–H and O–H groups in total. The molecule has 0 spiro atoms. The summed E-state index contributed by atoms with van der Waals surface area (Å²) in [6.45, 7) is 14.3. The van der Waals surface area contributed by atoms with Crippen molar-refractivity contribution >= 4 is 17.8 Å². The molecule has 0 fully saturated rings. The molecule has 1 rings (SSSR count). The fraction of sp³-hybridized carbons (Fsp3) is 0.857. The van der Waals surface area contributed by atoms with Crippen molar-refractivity contribution < 1.29 is 14.2 Å². The highest BCUT2D eigenvalue weighted by Crippen LogP contribution is 2.13. The molecule has 9 nitrogen and oxygen atoms in total. The van der Waals surface area contributed by atoms with Gasteiger partial charge in [0, 0.05) is 19.8 Å². The zero-order chi connectivity index (χ0) is 22.2. The van der Waals surface area contributed by atoms with E-state index in [4.69, 9.17) is 14.2 Å². The van der Waals surface area contributed by atoms with Crippen LogP contribution < -0.4 is 16.0 Å². The van der Waals surface area contributed by atoms with Crippen LogP contribution in [0, 0.1) is 0 Å². The first-order valence-electron chi connectivity index (χ1n) is 11.4. The Morgan fingerprint density at radius 2 is 0.833 bits per heavy atom. The minimum Gasteiger partial charge on any atom is -0.359 e. The van der Waals surface area contributed by atoms with Crippen LogP contribution in [0.15, 0.2) is 0 Å². The zero-order valence-corrected chi connectivity index (χ0v) is 19.7. The largest absolute Gasteiger partial charge is 0.359 e. The van der Waals surface area contributed by atoms with Crippen LogP contribution in [-0.2, 0) is 14.2 Å². The van der Waals surface area contributed by atoms with Crippen molar-refractivity contribution in [3.63, 3.8) is 0 Å². The number of hydrogen-bond donors (Lipinski definition) is 3. The van der Waals surface area contributed by atoms with Gasteiger partial charge in [0.05, 0.1) is 0 Å². The molecule has 0 amide bonds. The predicted octanol–water partition coefficient (Wildman–Crippen LogP) is 4.60. The van der Waals surface area contributed by atoms with Crippen LogP contribution in [0.5, 0.6) is 0 Å². The Hall–Kier alpha value is -1.71. The summed E-state index contributed by atoms with van der Waals surface area (Å²) in [5, 5.41) is 9.56. The summed E-state index contributed by atoms with van der Waals surface area (Å²) in [5.41, 5.74) is 0. The van der Waals surface area contributed by atoms with Crippen LogP contribution in [0.3, 0.4) is 0 Å². The van der Waals surface area contributed by atoms with E-state index in [-0.39, 0.29) is 18.7 Å². The molecule has 3 unspecified atom stereocenters. The molecule has 1 aromatic rings. The van der Waals surface area contributed by atoms with Gasteiger partial charge in [0.25, 0.3) is 0 Å². The van der Waals surface area contributed by atoms with Gasteiger partial charge in [-0.05, 0) is 40.0 Å². The van der Waals surface area contributed by atoms with E-state index in [1.807, 2.05) is 20.8 Å². The fourth-order valence-corrected chi connectivity index (χ4v) is 2.45. The standard InChI is InChI=1S/C21H42N6O3/c1-7-10-13-28-16(4)22-19-25-20(23-17(5)29-14-11-8-2)27-21(26-19)24-18(6)30-15-12-9-3/h16-18H,7-15H2,1-6H3,(H3,22,23,24,25,26,27). The van der Waals surface area contributed by atoms with Gasteiger partial charge in [0.2, 0.25) is 17.8 Å². The first-order chi connectivity index (χ1) is 14.5. The topological polar surface area (TPSA) is 102 Å². The van der Waals surface area contributed by atoms with E-state index in [1.54, 1.807) is 0 Å². The summed E-state index contributed by atoms with van der Waals surface area (Å²) in [6.07, 6.45) is 5.68. The van der Waals surface area contributed by atoms with E-state index >= 15 is 0 Å². The van der Waals surface area contributed by atoms with Gasteiger partial charge in [-0.1, -0.05) is 40.0 Å². The highest BCUT2D eigenvalue weighted by molar-refractivity contribution is 5.42. The minimum absolute atomic E-state index is 0.212. The van der Waals surface area contributed by atoms with Gasteiger partial charge < -0.3 is 30.2 Å². The number of anilines is 3. The Labute approximate surface area is 182 Å². The van der Waals surface area contributed by atoms with Gasteiger partial charge in [0.15, 0.2) is 0 Å². The highest BCUT2D eigenvalue weighted by Gasteiger charge is 2.13.